The summed E-state index contributed by atoms with van der Waals surface area (Å²) in [5.74, 6) is 1.07. The Morgan fingerprint density at radius 2 is 1.90 bits per heavy atom. The maximum Gasteiger partial charge on any atom is 0.212 e. The molecule has 118 valence electrons. The molecule has 0 spiro atoms. The lowest BCUT2D eigenvalue weighted by Gasteiger charge is -2.22. The Bertz CT molecular complexity index is 526. The largest absolute Gasteiger partial charge is 0.399 e. The number of ether oxygens (including phenoxy) is 1. The average molecular weight is 330 g/mol. The van der Waals surface area contributed by atoms with Crippen LogP contribution in [0, 0.1) is 5.92 Å². The Morgan fingerprint density at radius 1 is 1.24 bits per heavy atom. The highest BCUT2D eigenvalue weighted by atomic mass is 32.2. The summed E-state index contributed by atoms with van der Waals surface area (Å²) in [7, 11) is -3.20. The minimum absolute atomic E-state index is 0.130. The molecule has 7 heteroatoms. The van der Waals surface area contributed by atoms with Crippen LogP contribution in [0.3, 0.4) is 0 Å². The first kappa shape index (κ1) is 16.6. The quantitative estimate of drug-likeness (QED) is 0.587. The Labute approximate surface area is 130 Å². The number of benzene rings is 1. The molecule has 5 nitrogen and oxygen atoms in total. The fourth-order valence-corrected chi connectivity index (χ4v) is 4.51. The van der Waals surface area contributed by atoms with Gasteiger partial charge in [0.05, 0.1) is 5.75 Å². The highest BCUT2D eigenvalue weighted by Gasteiger charge is 2.17. The molecule has 0 radical (unpaired) electrons. The Morgan fingerprint density at radius 3 is 2.57 bits per heavy atom. The SMILES string of the molecule is Nc1ccc(SCCS(=O)(=O)NCC2CCOCC2)cc1. The third kappa shape index (κ3) is 6.25. The first-order valence-electron chi connectivity index (χ1n) is 7.08. The van der Waals surface area contributed by atoms with Crippen molar-refractivity contribution < 1.29 is 13.2 Å². The molecule has 0 unspecified atom stereocenters. The molecule has 0 aliphatic carbocycles. The zero-order chi connectivity index (χ0) is 15.1. The molecule has 0 saturated carbocycles. The maximum absolute atomic E-state index is 11.9. The standard InChI is InChI=1S/C14H22N2O3S2/c15-13-1-3-14(4-2-13)20-9-10-21(17,18)16-11-12-5-7-19-8-6-12/h1-4,12,16H,5-11,15H2. The first-order chi connectivity index (χ1) is 10.1. The van der Waals surface area contributed by atoms with Crippen LogP contribution in [0.5, 0.6) is 0 Å². The summed E-state index contributed by atoms with van der Waals surface area (Å²) in [6.45, 7) is 2.00. The van der Waals surface area contributed by atoms with Gasteiger partial charge in [-0.2, -0.15) is 0 Å². The number of rotatable bonds is 7. The number of sulfonamides is 1. The van der Waals surface area contributed by atoms with E-state index < -0.39 is 10.0 Å². The highest BCUT2D eigenvalue weighted by molar-refractivity contribution is 8.00. The zero-order valence-corrected chi connectivity index (χ0v) is 13.6. The molecule has 1 aliphatic heterocycles. The number of anilines is 1. The highest BCUT2D eigenvalue weighted by Crippen LogP contribution is 2.19. The maximum atomic E-state index is 11.9. The van der Waals surface area contributed by atoms with Crippen molar-refractivity contribution in [2.45, 2.75) is 17.7 Å². The van der Waals surface area contributed by atoms with E-state index in [4.69, 9.17) is 10.5 Å². The van der Waals surface area contributed by atoms with Gasteiger partial charge in [0.1, 0.15) is 0 Å². The van der Waals surface area contributed by atoms with Crippen LogP contribution in [-0.4, -0.2) is 39.7 Å². The molecule has 0 aromatic heterocycles. The molecule has 1 aromatic rings. The van der Waals surface area contributed by atoms with Gasteiger partial charge >= 0.3 is 0 Å². The summed E-state index contributed by atoms with van der Waals surface area (Å²) in [5, 5.41) is 0. The van der Waals surface area contributed by atoms with Crippen molar-refractivity contribution in [3.63, 3.8) is 0 Å². The van der Waals surface area contributed by atoms with E-state index in [0.29, 0.717) is 23.9 Å². The predicted octanol–water partition coefficient (Wildman–Crippen LogP) is 1.71. The van der Waals surface area contributed by atoms with Gasteiger partial charge in [0.15, 0.2) is 0 Å². The van der Waals surface area contributed by atoms with Crippen LogP contribution in [0.25, 0.3) is 0 Å². The Hall–Kier alpha value is -0.760. The van der Waals surface area contributed by atoms with Crippen LogP contribution >= 0.6 is 11.8 Å². The topological polar surface area (TPSA) is 81.4 Å². The van der Waals surface area contributed by atoms with Crippen LogP contribution in [0.2, 0.25) is 0 Å². The number of thioether (sulfide) groups is 1. The molecule has 1 fully saturated rings. The van der Waals surface area contributed by atoms with Crippen molar-refractivity contribution in [1.29, 1.82) is 0 Å². The van der Waals surface area contributed by atoms with Gasteiger partial charge in [-0.05, 0) is 43.0 Å². The van der Waals surface area contributed by atoms with Gasteiger partial charge in [-0.15, -0.1) is 11.8 Å². The number of hydrogen-bond acceptors (Lipinski definition) is 5. The van der Waals surface area contributed by atoms with Crippen LogP contribution in [0.1, 0.15) is 12.8 Å². The van der Waals surface area contributed by atoms with Crippen molar-refractivity contribution in [2.75, 3.05) is 37.0 Å². The van der Waals surface area contributed by atoms with Gasteiger partial charge in [0.2, 0.25) is 10.0 Å². The minimum Gasteiger partial charge on any atom is -0.399 e. The normalized spacial score (nSPS) is 17.0. The first-order valence-corrected chi connectivity index (χ1v) is 9.72. The summed E-state index contributed by atoms with van der Waals surface area (Å²) in [6, 6.07) is 7.45. The zero-order valence-electron chi connectivity index (χ0n) is 12.0. The molecule has 1 saturated heterocycles. The van der Waals surface area contributed by atoms with E-state index in [1.165, 1.54) is 11.8 Å². The van der Waals surface area contributed by atoms with E-state index in [1.807, 2.05) is 24.3 Å². The summed E-state index contributed by atoms with van der Waals surface area (Å²) in [4.78, 5) is 1.03. The van der Waals surface area contributed by atoms with E-state index in [9.17, 15) is 8.42 Å². The van der Waals surface area contributed by atoms with Crippen molar-refractivity contribution >= 4 is 27.5 Å². The van der Waals surface area contributed by atoms with Crippen LogP contribution in [0.15, 0.2) is 29.2 Å². The fourth-order valence-electron chi connectivity index (χ4n) is 2.10. The Kier molecular flexibility index (Phi) is 6.35. The van der Waals surface area contributed by atoms with Gasteiger partial charge in [0, 0.05) is 36.1 Å². The molecular formula is C14H22N2O3S2. The molecule has 1 aromatic carbocycles. The monoisotopic (exact) mass is 330 g/mol. The van der Waals surface area contributed by atoms with E-state index in [-0.39, 0.29) is 5.75 Å². The van der Waals surface area contributed by atoms with E-state index in [1.54, 1.807) is 0 Å². The van der Waals surface area contributed by atoms with Crippen molar-refractivity contribution in [2.24, 2.45) is 5.92 Å². The van der Waals surface area contributed by atoms with Crippen molar-refractivity contribution in [1.82, 2.24) is 4.72 Å². The third-order valence-electron chi connectivity index (χ3n) is 3.43. The molecular weight excluding hydrogens is 308 g/mol. The fraction of sp³-hybridized carbons (Fsp3) is 0.571. The van der Waals surface area contributed by atoms with Gasteiger partial charge in [-0.3, -0.25) is 0 Å². The van der Waals surface area contributed by atoms with Gasteiger partial charge in [0.25, 0.3) is 0 Å². The lowest BCUT2D eigenvalue weighted by molar-refractivity contribution is 0.0678. The summed E-state index contributed by atoms with van der Waals surface area (Å²) in [5.41, 5.74) is 6.32. The molecule has 2 rings (SSSR count). The lowest BCUT2D eigenvalue weighted by Crippen LogP contribution is -2.34. The van der Waals surface area contributed by atoms with Gasteiger partial charge in [-0.1, -0.05) is 0 Å². The van der Waals surface area contributed by atoms with Gasteiger partial charge < -0.3 is 10.5 Å². The van der Waals surface area contributed by atoms with Crippen molar-refractivity contribution in [3.05, 3.63) is 24.3 Å². The second-order valence-corrected chi connectivity index (χ2v) is 8.24. The van der Waals surface area contributed by atoms with Gasteiger partial charge in [-0.25, -0.2) is 13.1 Å². The second kappa shape index (κ2) is 8.03. The molecule has 0 amide bonds. The van der Waals surface area contributed by atoms with E-state index in [0.717, 1.165) is 31.0 Å². The minimum atomic E-state index is -3.20. The lowest BCUT2D eigenvalue weighted by atomic mass is 10.0. The average Bonchev–Trinajstić information content (AvgIpc) is 2.48. The molecule has 1 aliphatic rings. The van der Waals surface area contributed by atoms with Crippen molar-refractivity contribution in [3.8, 4) is 0 Å². The van der Waals surface area contributed by atoms with Crippen LogP contribution in [-0.2, 0) is 14.8 Å². The number of nitrogen functional groups attached to an aromatic ring is 1. The van der Waals surface area contributed by atoms with E-state index in [2.05, 4.69) is 4.72 Å². The summed E-state index contributed by atoms with van der Waals surface area (Å²) >= 11 is 1.52. The number of nitrogens with two attached hydrogens (primary N) is 1. The second-order valence-electron chi connectivity index (χ2n) is 5.14. The molecule has 0 bridgehead atoms. The van der Waals surface area contributed by atoms with E-state index >= 15 is 0 Å². The van der Waals surface area contributed by atoms with Crippen LogP contribution < -0.4 is 10.5 Å². The molecule has 0 atom stereocenters. The summed E-state index contributed by atoms with van der Waals surface area (Å²) < 4.78 is 31.9. The van der Waals surface area contributed by atoms with Crippen LogP contribution in [0.4, 0.5) is 5.69 Å². The molecule has 1 heterocycles. The number of hydrogen-bond donors (Lipinski definition) is 2. The molecule has 21 heavy (non-hydrogen) atoms. The third-order valence-corrected chi connectivity index (χ3v) is 6.05. The number of nitrogens with one attached hydrogen (secondary N) is 1. The predicted molar refractivity (Wildman–Crippen MR) is 86.9 cm³/mol. The Balaban J connectivity index is 1.69. The summed E-state index contributed by atoms with van der Waals surface area (Å²) in [6.07, 6.45) is 1.87. The molecule has 3 N–H and O–H groups in total. The smallest absolute Gasteiger partial charge is 0.212 e.